The van der Waals surface area contributed by atoms with E-state index in [9.17, 15) is 5.11 Å². The van der Waals surface area contributed by atoms with Crippen LogP contribution in [0.15, 0.2) is 30.3 Å². The van der Waals surface area contributed by atoms with E-state index in [4.69, 9.17) is 9.47 Å². The third kappa shape index (κ3) is 4.80. The van der Waals surface area contributed by atoms with Gasteiger partial charge in [-0.25, -0.2) is 0 Å². The maximum absolute atomic E-state index is 9.94. The number of nitrogens with one attached hydrogen (secondary N) is 1. The van der Waals surface area contributed by atoms with Gasteiger partial charge in [0.1, 0.15) is 0 Å². The van der Waals surface area contributed by atoms with Crippen LogP contribution in [0.4, 0.5) is 0 Å². The Balaban J connectivity index is 1.69. The molecule has 2 aliphatic rings. The van der Waals surface area contributed by atoms with Gasteiger partial charge in [-0.1, -0.05) is 30.3 Å². The molecule has 0 bridgehead atoms. The zero-order valence-electron chi connectivity index (χ0n) is 15.3. The fourth-order valence-corrected chi connectivity index (χ4v) is 4.01. The van der Waals surface area contributed by atoms with Crippen molar-refractivity contribution < 1.29 is 14.6 Å². The second kappa shape index (κ2) is 9.10. The fourth-order valence-electron chi connectivity index (χ4n) is 4.01. The highest BCUT2D eigenvalue weighted by atomic mass is 16.5. The van der Waals surface area contributed by atoms with Gasteiger partial charge in [0, 0.05) is 44.3 Å². The first-order chi connectivity index (χ1) is 12.2. The van der Waals surface area contributed by atoms with Gasteiger partial charge in [-0.2, -0.15) is 0 Å². The van der Waals surface area contributed by atoms with E-state index in [-0.39, 0.29) is 12.0 Å². The summed E-state index contributed by atoms with van der Waals surface area (Å²) in [6.45, 7) is 8.35. The zero-order chi connectivity index (χ0) is 17.5. The quantitative estimate of drug-likeness (QED) is 0.787. The lowest BCUT2D eigenvalue weighted by molar-refractivity contribution is -0.0212. The lowest BCUT2D eigenvalue weighted by Crippen LogP contribution is -2.50. The Kier molecular flexibility index (Phi) is 6.84. The third-order valence-corrected chi connectivity index (χ3v) is 5.74. The van der Waals surface area contributed by atoms with Crippen molar-refractivity contribution in [2.75, 3.05) is 52.7 Å². The minimum Gasteiger partial charge on any atom is -0.396 e. The highest BCUT2D eigenvalue weighted by Gasteiger charge is 2.34. The van der Waals surface area contributed by atoms with Gasteiger partial charge in [0.15, 0.2) is 0 Å². The topological polar surface area (TPSA) is 54.0 Å². The van der Waals surface area contributed by atoms with Gasteiger partial charge < -0.3 is 19.9 Å². The minimum absolute atomic E-state index is 0.0429. The van der Waals surface area contributed by atoms with E-state index >= 15 is 0 Å². The van der Waals surface area contributed by atoms with E-state index in [2.05, 4.69) is 47.5 Å². The molecular weight excluding hydrogens is 316 g/mol. The van der Waals surface area contributed by atoms with E-state index in [0.29, 0.717) is 12.1 Å². The van der Waals surface area contributed by atoms with Crippen LogP contribution in [0.3, 0.4) is 0 Å². The summed E-state index contributed by atoms with van der Waals surface area (Å²) in [4.78, 5) is 2.52. The molecule has 140 valence electrons. The van der Waals surface area contributed by atoms with Gasteiger partial charge in [-0.3, -0.25) is 4.90 Å². The van der Waals surface area contributed by atoms with E-state index in [1.165, 1.54) is 5.56 Å². The second-order valence-electron chi connectivity index (χ2n) is 7.44. The molecule has 25 heavy (non-hydrogen) atoms. The molecule has 5 nitrogen and oxygen atoms in total. The number of benzene rings is 1. The summed E-state index contributed by atoms with van der Waals surface area (Å²) in [5, 5.41) is 13.7. The number of hydrogen-bond acceptors (Lipinski definition) is 5. The maximum atomic E-state index is 9.94. The highest BCUT2D eigenvalue weighted by molar-refractivity contribution is 5.21. The van der Waals surface area contributed by atoms with E-state index in [1.807, 2.05) is 0 Å². The number of nitrogens with zero attached hydrogens (tertiary/aromatic N) is 1. The summed E-state index contributed by atoms with van der Waals surface area (Å²) in [6.07, 6.45) is 1.85. The molecule has 0 aromatic heterocycles. The van der Waals surface area contributed by atoms with E-state index in [1.54, 1.807) is 0 Å². The van der Waals surface area contributed by atoms with Crippen LogP contribution in [0.25, 0.3) is 0 Å². The van der Waals surface area contributed by atoms with Crippen LogP contribution in [0, 0.1) is 5.41 Å². The molecule has 1 aromatic carbocycles. The van der Waals surface area contributed by atoms with Gasteiger partial charge in [0.25, 0.3) is 0 Å². The van der Waals surface area contributed by atoms with Crippen molar-refractivity contribution in [2.45, 2.75) is 31.8 Å². The van der Waals surface area contributed by atoms with Gasteiger partial charge >= 0.3 is 0 Å². The summed E-state index contributed by atoms with van der Waals surface area (Å²) in [5.74, 6) is 0. The van der Waals surface area contributed by atoms with Crippen LogP contribution in [0.1, 0.15) is 31.4 Å². The van der Waals surface area contributed by atoms with Crippen LogP contribution < -0.4 is 5.32 Å². The van der Waals surface area contributed by atoms with Crippen LogP contribution in [0.2, 0.25) is 0 Å². The number of rotatable bonds is 7. The van der Waals surface area contributed by atoms with Crippen LogP contribution in [0.5, 0.6) is 0 Å². The second-order valence-corrected chi connectivity index (χ2v) is 7.44. The number of ether oxygens (including phenoxy) is 2. The normalized spacial score (nSPS) is 23.9. The molecule has 2 fully saturated rings. The molecule has 2 atom stereocenters. The summed E-state index contributed by atoms with van der Waals surface area (Å²) in [5.41, 5.74) is 1.30. The van der Waals surface area contributed by atoms with Crippen molar-refractivity contribution in [3.05, 3.63) is 35.9 Å². The van der Waals surface area contributed by atoms with Crippen molar-refractivity contribution in [2.24, 2.45) is 5.41 Å². The van der Waals surface area contributed by atoms with Crippen molar-refractivity contribution in [3.8, 4) is 0 Å². The maximum Gasteiger partial charge on any atom is 0.0594 e. The number of aliphatic hydroxyl groups is 1. The largest absolute Gasteiger partial charge is 0.396 e. The Bertz CT molecular complexity index is 499. The average Bonchev–Trinajstić information content (AvgIpc) is 2.69. The zero-order valence-corrected chi connectivity index (χ0v) is 15.3. The first kappa shape index (κ1) is 18.8. The Morgan fingerprint density at radius 3 is 2.36 bits per heavy atom. The monoisotopic (exact) mass is 348 g/mol. The van der Waals surface area contributed by atoms with Crippen molar-refractivity contribution in [1.29, 1.82) is 0 Å². The lowest BCUT2D eigenvalue weighted by Gasteiger charge is -2.41. The molecule has 2 heterocycles. The van der Waals surface area contributed by atoms with Crippen molar-refractivity contribution in [3.63, 3.8) is 0 Å². The molecule has 2 aliphatic heterocycles. The Morgan fingerprint density at radius 1 is 1.08 bits per heavy atom. The third-order valence-electron chi connectivity index (χ3n) is 5.74. The predicted molar refractivity (Wildman–Crippen MR) is 98.6 cm³/mol. The van der Waals surface area contributed by atoms with Gasteiger partial charge in [0.2, 0.25) is 0 Å². The first-order valence-electron chi connectivity index (χ1n) is 9.53. The number of hydrogen-bond donors (Lipinski definition) is 2. The van der Waals surface area contributed by atoms with E-state index in [0.717, 1.165) is 58.9 Å². The lowest BCUT2D eigenvalue weighted by atomic mass is 9.80. The standard InChI is InChI=1S/C20H32N2O3/c1-17(21-15-20(16-23)7-11-24-12-8-20)19(18-5-3-2-4-6-18)22-9-13-25-14-10-22/h2-6,17,19,21,23H,7-16H2,1H3. The number of aliphatic hydroxyl groups excluding tert-OH is 1. The van der Waals surface area contributed by atoms with Crippen LogP contribution in [-0.2, 0) is 9.47 Å². The summed E-state index contributed by atoms with van der Waals surface area (Å²) >= 11 is 0. The van der Waals surface area contributed by atoms with Gasteiger partial charge in [-0.05, 0) is 25.3 Å². The van der Waals surface area contributed by atoms with Crippen molar-refractivity contribution >= 4 is 0 Å². The summed E-state index contributed by atoms with van der Waals surface area (Å²) < 4.78 is 11.0. The molecule has 2 unspecified atom stereocenters. The molecule has 0 radical (unpaired) electrons. The van der Waals surface area contributed by atoms with Crippen LogP contribution >= 0.6 is 0 Å². The Hall–Kier alpha value is -0.980. The number of morpholine rings is 1. The predicted octanol–water partition coefficient (Wildman–Crippen LogP) is 1.83. The summed E-state index contributed by atoms with van der Waals surface area (Å²) in [7, 11) is 0. The molecule has 3 rings (SSSR count). The average molecular weight is 348 g/mol. The molecule has 1 aromatic rings. The van der Waals surface area contributed by atoms with Crippen LogP contribution in [-0.4, -0.2) is 68.7 Å². The Labute approximate surface area is 151 Å². The SMILES string of the molecule is CC(NCC1(CO)CCOCC1)C(c1ccccc1)N1CCOCC1. The molecule has 2 saturated heterocycles. The van der Waals surface area contributed by atoms with Crippen molar-refractivity contribution in [1.82, 2.24) is 10.2 Å². The first-order valence-corrected chi connectivity index (χ1v) is 9.53. The molecule has 0 amide bonds. The fraction of sp³-hybridized carbons (Fsp3) is 0.700. The molecule has 0 saturated carbocycles. The Morgan fingerprint density at radius 2 is 1.72 bits per heavy atom. The smallest absolute Gasteiger partial charge is 0.0594 e. The molecule has 5 heteroatoms. The highest BCUT2D eigenvalue weighted by Crippen LogP contribution is 2.31. The molecular formula is C20H32N2O3. The summed E-state index contributed by atoms with van der Waals surface area (Å²) in [6, 6.07) is 11.4. The van der Waals surface area contributed by atoms with Gasteiger partial charge in [-0.15, -0.1) is 0 Å². The van der Waals surface area contributed by atoms with E-state index < -0.39 is 0 Å². The molecule has 0 aliphatic carbocycles. The molecule has 0 spiro atoms. The molecule has 2 N–H and O–H groups in total. The minimum atomic E-state index is -0.0429. The van der Waals surface area contributed by atoms with Gasteiger partial charge in [0.05, 0.1) is 25.9 Å².